The zero-order valence-electron chi connectivity index (χ0n) is 16.2. The summed E-state index contributed by atoms with van der Waals surface area (Å²) in [6, 6.07) is 0. The fourth-order valence-corrected chi connectivity index (χ4v) is 3.19. The molecule has 0 atom stereocenters. The van der Waals surface area contributed by atoms with E-state index in [1.165, 1.54) is 21.3 Å². The number of carbonyl (C=O) groups excluding carboxylic acids is 2. The average molecular weight is 382 g/mol. The summed E-state index contributed by atoms with van der Waals surface area (Å²) < 4.78 is 32.1. The summed E-state index contributed by atoms with van der Waals surface area (Å²) >= 11 is 0. The van der Waals surface area contributed by atoms with Crippen molar-refractivity contribution in [1.29, 1.82) is 0 Å². The molecule has 0 unspecified atom stereocenters. The van der Waals surface area contributed by atoms with Gasteiger partial charge in [0, 0.05) is 27.4 Å². The van der Waals surface area contributed by atoms with Gasteiger partial charge in [0.25, 0.3) is 0 Å². The highest BCUT2D eigenvalue weighted by atomic mass is 16.5. The fraction of sp³-hybridized carbons (Fsp3) is 0.579. The molecule has 1 aromatic rings. The minimum absolute atomic E-state index is 0.102. The Hall–Kier alpha value is -2.00. The molecule has 0 saturated heterocycles. The molecule has 0 aliphatic carbocycles. The first kappa shape index (κ1) is 21.3. The van der Waals surface area contributed by atoms with Crippen LogP contribution in [0, 0.1) is 0 Å². The Morgan fingerprint density at radius 3 is 1.85 bits per heavy atom. The number of hydrogen-bond acceptors (Lipinski definition) is 8. The van der Waals surface area contributed by atoms with Crippen molar-refractivity contribution in [2.24, 2.45) is 0 Å². The molecule has 27 heavy (non-hydrogen) atoms. The third-order valence-corrected chi connectivity index (χ3v) is 4.37. The summed E-state index contributed by atoms with van der Waals surface area (Å²) in [6.45, 7) is 1.71. The summed E-state index contributed by atoms with van der Waals surface area (Å²) in [5.74, 6) is -1.29. The van der Waals surface area contributed by atoms with E-state index in [2.05, 4.69) is 0 Å². The number of esters is 2. The third kappa shape index (κ3) is 4.65. The molecule has 0 amide bonds. The minimum atomic E-state index is -0.647. The van der Waals surface area contributed by atoms with Crippen LogP contribution >= 0.6 is 0 Å². The first-order valence-corrected chi connectivity index (χ1v) is 8.60. The van der Waals surface area contributed by atoms with Crippen molar-refractivity contribution in [3.8, 4) is 0 Å². The molecule has 1 heterocycles. The van der Waals surface area contributed by atoms with Gasteiger partial charge in [-0.05, 0) is 28.7 Å². The first-order valence-electron chi connectivity index (χ1n) is 8.60. The van der Waals surface area contributed by atoms with E-state index in [1.54, 1.807) is 7.11 Å². The van der Waals surface area contributed by atoms with Crippen molar-refractivity contribution in [2.75, 3.05) is 41.7 Å². The van der Waals surface area contributed by atoms with Gasteiger partial charge < -0.3 is 28.4 Å². The second kappa shape index (κ2) is 10.4. The third-order valence-electron chi connectivity index (χ3n) is 4.37. The summed E-state index contributed by atoms with van der Waals surface area (Å²) in [6.07, 6.45) is 0.723. The van der Waals surface area contributed by atoms with Crippen LogP contribution in [0.5, 0.6) is 0 Å². The monoisotopic (exact) mass is 382 g/mol. The molecule has 150 valence electrons. The van der Waals surface area contributed by atoms with E-state index in [-0.39, 0.29) is 37.6 Å². The molecular formula is C19H26O8. The second-order valence-corrected chi connectivity index (χ2v) is 5.97. The van der Waals surface area contributed by atoms with Gasteiger partial charge in [0.2, 0.25) is 0 Å². The first-order chi connectivity index (χ1) is 13.1. The second-order valence-electron chi connectivity index (χ2n) is 5.97. The van der Waals surface area contributed by atoms with Crippen LogP contribution in [0.4, 0.5) is 0 Å². The zero-order valence-corrected chi connectivity index (χ0v) is 16.2. The van der Waals surface area contributed by atoms with Gasteiger partial charge >= 0.3 is 11.9 Å². The van der Waals surface area contributed by atoms with Crippen LogP contribution in [0.25, 0.3) is 0 Å². The molecular weight excluding hydrogens is 356 g/mol. The predicted octanol–water partition coefficient (Wildman–Crippen LogP) is 1.99. The quantitative estimate of drug-likeness (QED) is 0.690. The van der Waals surface area contributed by atoms with Crippen molar-refractivity contribution >= 4 is 11.9 Å². The van der Waals surface area contributed by atoms with Gasteiger partial charge in [-0.15, -0.1) is 0 Å². The maximum Gasteiger partial charge on any atom is 0.339 e. The Morgan fingerprint density at radius 2 is 1.30 bits per heavy atom. The summed E-state index contributed by atoms with van der Waals surface area (Å²) in [4.78, 5) is 25.3. The highest BCUT2D eigenvalue weighted by Crippen LogP contribution is 2.33. The van der Waals surface area contributed by atoms with Crippen LogP contribution in [-0.4, -0.2) is 53.6 Å². The number of hydrogen-bond donors (Lipinski definition) is 0. The number of methoxy groups -OCH3 is 4. The lowest BCUT2D eigenvalue weighted by atomic mass is 9.86. The highest BCUT2D eigenvalue weighted by Gasteiger charge is 2.32. The Kier molecular flexibility index (Phi) is 8.18. The van der Waals surface area contributed by atoms with E-state index < -0.39 is 11.9 Å². The van der Waals surface area contributed by atoms with Crippen LogP contribution in [-0.2, 0) is 54.8 Å². The molecule has 0 N–H and O–H groups in total. The van der Waals surface area contributed by atoms with Gasteiger partial charge in [-0.2, -0.15) is 0 Å². The standard InChI is InChI=1S/C19H26O8/c1-22-8-12-13-10-26-6-5-7-27-11-15(12)17(19(21)25-4)16(18(20)24-3)14(13)9-23-2/h5-11H2,1-4H3. The molecule has 1 aromatic carbocycles. The van der Waals surface area contributed by atoms with Gasteiger partial charge in [-0.1, -0.05) is 0 Å². The Bertz CT molecular complexity index is 683. The average Bonchev–Trinajstić information content (AvgIpc) is 2.68. The number of fused-ring (bicyclic) bond motifs is 2. The van der Waals surface area contributed by atoms with Gasteiger partial charge in [0.1, 0.15) is 0 Å². The van der Waals surface area contributed by atoms with Crippen LogP contribution in [0.2, 0.25) is 0 Å². The molecule has 2 rings (SSSR count). The number of benzene rings is 1. The molecule has 1 aliphatic rings. The summed E-state index contributed by atoms with van der Waals surface area (Å²) in [5.41, 5.74) is 2.79. The molecule has 0 aromatic heterocycles. The highest BCUT2D eigenvalue weighted by molar-refractivity contribution is 6.06. The molecule has 8 nitrogen and oxygen atoms in total. The largest absolute Gasteiger partial charge is 0.465 e. The maximum atomic E-state index is 12.6. The zero-order chi connectivity index (χ0) is 19.8. The maximum absolute atomic E-state index is 12.6. The van der Waals surface area contributed by atoms with E-state index in [4.69, 9.17) is 28.4 Å². The van der Waals surface area contributed by atoms with Crippen molar-refractivity contribution < 1.29 is 38.0 Å². The lowest BCUT2D eigenvalue weighted by Crippen LogP contribution is -2.24. The Balaban J connectivity index is 2.89. The van der Waals surface area contributed by atoms with E-state index >= 15 is 0 Å². The topological polar surface area (TPSA) is 89.5 Å². The van der Waals surface area contributed by atoms with Gasteiger partial charge in [-0.3, -0.25) is 0 Å². The van der Waals surface area contributed by atoms with Crippen LogP contribution in [0.15, 0.2) is 0 Å². The normalized spacial score (nSPS) is 14.5. The van der Waals surface area contributed by atoms with E-state index in [1.807, 2.05) is 0 Å². The number of ether oxygens (including phenoxy) is 6. The van der Waals surface area contributed by atoms with Crippen molar-refractivity contribution in [1.82, 2.24) is 0 Å². The van der Waals surface area contributed by atoms with E-state index in [9.17, 15) is 9.59 Å². The molecule has 0 fully saturated rings. The van der Waals surface area contributed by atoms with Crippen LogP contribution in [0.1, 0.15) is 49.4 Å². The predicted molar refractivity (Wildman–Crippen MR) is 94.5 cm³/mol. The molecule has 0 saturated carbocycles. The SMILES string of the molecule is COCc1c2c(COC)c(C(=O)OC)c(C(=O)OC)c1COCCCOC2. The van der Waals surface area contributed by atoms with Gasteiger partial charge in [-0.25, -0.2) is 9.59 Å². The number of carbonyl (C=O) groups is 2. The van der Waals surface area contributed by atoms with Crippen molar-refractivity contribution in [3.63, 3.8) is 0 Å². The van der Waals surface area contributed by atoms with Crippen LogP contribution < -0.4 is 0 Å². The summed E-state index contributed by atoms with van der Waals surface area (Å²) in [5, 5.41) is 0. The van der Waals surface area contributed by atoms with Crippen molar-refractivity contribution in [3.05, 3.63) is 33.4 Å². The fourth-order valence-electron chi connectivity index (χ4n) is 3.19. The van der Waals surface area contributed by atoms with Gasteiger partial charge in [0.15, 0.2) is 0 Å². The van der Waals surface area contributed by atoms with Gasteiger partial charge in [0.05, 0.1) is 51.8 Å². The lowest BCUT2D eigenvalue weighted by Gasteiger charge is -2.25. The molecule has 1 aliphatic heterocycles. The van der Waals surface area contributed by atoms with Crippen LogP contribution in [0.3, 0.4) is 0 Å². The van der Waals surface area contributed by atoms with Crippen molar-refractivity contribution in [2.45, 2.75) is 32.8 Å². The summed E-state index contributed by atoms with van der Waals surface area (Å²) in [7, 11) is 5.60. The smallest absolute Gasteiger partial charge is 0.339 e. The lowest BCUT2D eigenvalue weighted by molar-refractivity contribution is 0.0510. The Morgan fingerprint density at radius 1 is 0.778 bits per heavy atom. The number of rotatable bonds is 6. The minimum Gasteiger partial charge on any atom is -0.465 e. The van der Waals surface area contributed by atoms with E-state index in [0.29, 0.717) is 24.3 Å². The van der Waals surface area contributed by atoms with E-state index in [0.717, 1.165) is 17.5 Å². The Labute approximate surface area is 158 Å². The molecule has 0 spiro atoms. The molecule has 0 radical (unpaired) electrons. The molecule has 2 bridgehead atoms. The molecule has 8 heteroatoms.